The molecule has 1 fully saturated rings. The van der Waals surface area contributed by atoms with Crippen molar-refractivity contribution in [3.8, 4) is 11.1 Å². The molecule has 3 rings (SSSR count). The highest BCUT2D eigenvalue weighted by Gasteiger charge is 2.40. The maximum atomic E-state index is 13.0. The van der Waals surface area contributed by atoms with Crippen molar-refractivity contribution in [2.75, 3.05) is 13.1 Å². The molecule has 3 heteroatoms. The van der Waals surface area contributed by atoms with Crippen molar-refractivity contribution in [3.05, 3.63) is 60.2 Å². The van der Waals surface area contributed by atoms with E-state index in [-0.39, 0.29) is 17.4 Å². The predicted molar refractivity (Wildman–Crippen MR) is 103 cm³/mol. The molecule has 0 spiro atoms. The van der Waals surface area contributed by atoms with Crippen LogP contribution in [0.2, 0.25) is 0 Å². The fourth-order valence-electron chi connectivity index (χ4n) is 3.75. The van der Waals surface area contributed by atoms with E-state index in [1.165, 1.54) is 16.7 Å². The summed E-state index contributed by atoms with van der Waals surface area (Å²) >= 11 is 0. The van der Waals surface area contributed by atoms with Crippen molar-refractivity contribution in [2.45, 2.75) is 39.2 Å². The van der Waals surface area contributed by atoms with Crippen molar-refractivity contribution in [2.24, 2.45) is 5.41 Å². The fraction of sp³-hybridized carbons (Fsp3) is 0.409. The summed E-state index contributed by atoms with van der Waals surface area (Å²) in [6, 6.07) is 19.1. The van der Waals surface area contributed by atoms with Gasteiger partial charge in [-0.2, -0.15) is 0 Å². The molecule has 132 valence electrons. The minimum atomic E-state index is -0.368. The van der Waals surface area contributed by atoms with E-state index < -0.39 is 0 Å². The van der Waals surface area contributed by atoms with Crippen LogP contribution in [-0.2, 0) is 11.2 Å². The molecule has 3 nitrogen and oxygen atoms in total. The summed E-state index contributed by atoms with van der Waals surface area (Å²) in [5, 5.41) is 6.60. The lowest BCUT2D eigenvalue weighted by Gasteiger charge is -2.37. The molecule has 25 heavy (non-hydrogen) atoms. The van der Waals surface area contributed by atoms with Gasteiger partial charge in [-0.05, 0) is 56.3 Å². The number of benzene rings is 2. The summed E-state index contributed by atoms with van der Waals surface area (Å²) < 4.78 is 0. The Hall–Kier alpha value is -2.13. The monoisotopic (exact) mass is 336 g/mol. The van der Waals surface area contributed by atoms with Crippen LogP contribution in [0.25, 0.3) is 11.1 Å². The van der Waals surface area contributed by atoms with Gasteiger partial charge >= 0.3 is 0 Å². The molecule has 2 aromatic carbocycles. The molecule has 1 saturated heterocycles. The van der Waals surface area contributed by atoms with Crippen LogP contribution in [0.15, 0.2) is 54.6 Å². The Balaban J connectivity index is 1.94. The minimum absolute atomic E-state index is 0.163. The molecule has 0 bridgehead atoms. The van der Waals surface area contributed by atoms with Gasteiger partial charge < -0.3 is 10.6 Å². The third-order valence-corrected chi connectivity index (χ3v) is 5.00. The molecule has 1 aliphatic rings. The van der Waals surface area contributed by atoms with E-state index in [1.54, 1.807) is 0 Å². The zero-order valence-corrected chi connectivity index (χ0v) is 15.2. The number of nitrogens with one attached hydrogen (secondary N) is 2. The first-order chi connectivity index (χ1) is 12.1. The zero-order valence-electron chi connectivity index (χ0n) is 15.2. The third-order valence-electron chi connectivity index (χ3n) is 5.00. The van der Waals surface area contributed by atoms with Gasteiger partial charge in [0.1, 0.15) is 0 Å². The molecule has 0 unspecified atom stereocenters. The second-order valence-electron chi connectivity index (χ2n) is 7.39. The summed E-state index contributed by atoms with van der Waals surface area (Å²) in [4.78, 5) is 13.0. The van der Waals surface area contributed by atoms with Gasteiger partial charge in [0.2, 0.25) is 5.91 Å². The molecular formula is C22H28N2O. The quantitative estimate of drug-likeness (QED) is 0.872. The van der Waals surface area contributed by atoms with E-state index in [1.807, 2.05) is 19.9 Å². The van der Waals surface area contributed by atoms with Crippen molar-refractivity contribution in [3.63, 3.8) is 0 Å². The van der Waals surface area contributed by atoms with Crippen LogP contribution in [0.3, 0.4) is 0 Å². The smallest absolute Gasteiger partial charge is 0.228 e. The Morgan fingerprint density at radius 1 is 1.12 bits per heavy atom. The largest absolute Gasteiger partial charge is 0.353 e. The van der Waals surface area contributed by atoms with E-state index in [0.717, 1.165) is 32.4 Å². The number of hydrogen-bond donors (Lipinski definition) is 2. The lowest BCUT2D eigenvalue weighted by Crippen LogP contribution is -2.53. The number of piperidine rings is 1. The van der Waals surface area contributed by atoms with E-state index in [9.17, 15) is 4.79 Å². The Labute approximate surface area is 150 Å². The van der Waals surface area contributed by atoms with Gasteiger partial charge in [0.15, 0.2) is 0 Å². The summed E-state index contributed by atoms with van der Waals surface area (Å²) in [5.74, 6) is 0.178. The zero-order chi connectivity index (χ0) is 17.7. The Morgan fingerprint density at radius 3 is 2.52 bits per heavy atom. The molecule has 0 saturated carbocycles. The highest BCUT2D eigenvalue weighted by atomic mass is 16.2. The lowest BCUT2D eigenvalue weighted by atomic mass is 9.73. The van der Waals surface area contributed by atoms with Crippen LogP contribution in [0.1, 0.15) is 32.3 Å². The molecule has 0 aliphatic carbocycles. The fourth-order valence-corrected chi connectivity index (χ4v) is 3.75. The van der Waals surface area contributed by atoms with Gasteiger partial charge in [0, 0.05) is 12.6 Å². The first-order valence-corrected chi connectivity index (χ1v) is 9.26. The van der Waals surface area contributed by atoms with Crippen molar-refractivity contribution < 1.29 is 4.79 Å². The Morgan fingerprint density at radius 2 is 1.84 bits per heavy atom. The van der Waals surface area contributed by atoms with Crippen LogP contribution in [0.5, 0.6) is 0 Å². The van der Waals surface area contributed by atoms with Gasteiger partial charge in [-0.25, -0.2) is 0 Å². The maximum Gasteiger partial charge on any atom is 0.228 e. The molecule has 1 heterocycles. The van der Waals surface area contributed by atoms with Crippen LogP contribution in [0.4, 0.5) is 0 Å². The number of carbonyl (C=O) groups excluding carboxylic acids is 1. The van der Waals surface area contributed by atoms with Gasteiger partial charge in [-0.1, -0.05) is 54.6 Å². The average molecular weight is 336 g/mol. The Kier molecular flexibility index (Phi) is 5.54. The average Bonchev–Trinajstić information content (AvgIpc) is 2.63. The number of carbonyl (C=O) groups is 1. The highest BCUT2D eigenvalue weighted by molar-refractivity contribution is 5.84. The molecule has 1 atom stereocenters. The standard InChI is InChI=1S/C22H28N2O/c1-17(2)24-21(25)22(13-8-14-23-16-22)15-19-11-6-7-12-20(19)18-9-4-3-5-10-18/h3-7,9-12,17,23H,8,13-16H2,1-2H3,(H,24,25)/t22-/m1/s1. The minimum Gasteiger partial charge on any atom is -0.353 e. The number of hydrogen-bond acceptors (Lipinski definition) is 2. The molecule has 1 aliphatic heterocycles. The van der Waals surface area contributed by atoms with Gasteiger partial charge in [-0.15, -0.1) is 0 Å². The summed E-state index contributed by atoms with van der Waals surface area (Å²) in [6.07, 6.45) is 2.74. The highest BCUT2D eigenvalue weighted by Crippen LogP contribution is 2.35. The SMILES string of the molecule is CC(C)NC(=O)[C@@]1(Cc2ccccc2-c2ccccc2)CCCNC1. The Bertz CT molecular complexity index is 703. The predicted octanol–water partition coefficient (Wildman–Crippen LogP) is 3.79. The summed E-state index contributed by atoms with van der Waals surface area (Å²) in [7, 11) is 0. The molecule has 0 aromatic heterocycles. The van der Waals surface area contributed by atoms with Crippen molar-refractivity contribution in [1.82, 2.24) is 10.6 Å². The van der Waals surface area contributed by atoms with E-state index in [4.69, 9.17) is 0 Å². The number of amides is 1. The van der Waals surface area contributed by atoms with Crippen LogP contribution < -0.4 is 10.6 Å². The van der Waals surface area contributed by atoms with E-state index >= 15 is 0 Å². The second-order valence-corrected chi connectivity index (χ2v) is 7.39. The van der Waals surface area contributed by atoms with Gasteiger partial charge in [-0.3, -0.25) is 4.79 Å². The van der Waals surface area contributed by atoms with Gasteiger partial charge in [0.05, 0.1) is 5.41 Å². The molecule has 2 N–H and O–H groups in total. The van der Waals surface area contributed by atoms with Crippen molar-refractivity contribution >= 4 is 5.91 Å². The van der Waals surface area contributed by atoms with E-state index in [2.05, 4.69) is 59.2 Å². The molecule has 1 amide bonds. The summed E-state index contributed by atoms with van der Waals surface area (Å²) in [6.45, 7) is 5.80. The first kappa shape index (κ1) is 17.7. The van der Waals surface area contributed by atoms with E-state index in [0.29, 0.717) is 0 Å². The normalized spacial score (nSPS) is 20.4. The van der Waals surface area contributed by atoms with Crippen LogP contribution >= 0.6 is 0 Å². The third kappa shape index (κ3) is 4.10. The van der Waals surface area contributed by atoms with Crippen molar-refractivity contribution in [1.29, 1.82) is 0 Å². The van der Waals surface area contributed by atoms with Gasteiger partial charge in [0.25, 0.3) is 0 Å². The topological polar surface area (TPSA) is 41.1 Å². The first-order valence-electron chi connectivity index (χ1n) is 9.26. The van der Waals surface area contributed by atoms with Crippen LogP contribution in [-0.4, -0.2) is 25.0 Å². The molecule has 2 aromatic rings. The summed E-state index contributed by atoms with van der Waals surface area (Å²) in [5.41, 5.74) is 3.32. The maximum absolute atomic E-state index is 13.0. The lowest BCUT2D eigenvalue weighted by molar-refractivity contribution is -0.132. The number of rotatable bonds is 5. The molecular weight excluding hydrogens is 308 g/mol. The molecule has 0 radical (unpaired) electrons. The van der Waals surface area contributed by atoms with Crippen LogP contribution in [0, 0.1) is 5.41 Å². The second kappa shape index (κ2) is 7.83.